The molecule has 3 N–H and O–H groups in total. The van der Waals surface area contributed by atoms with E-state index in [1.165, 1.54) is 0 Å². The average Bonchev–Trinajstić information content (AvgIpc) is 2.35. The Bertz CT molecular complexity index is 516. The van der Waals surface area contributed by atoms with Crippen LogP contribution in [-0.2, 0) is 0 Å². The van der Waals surface area contributed by atoms with Gasteiger partial charge in [-0.25, -0.2) is 0 Å². The summed E-state index contributed by atoms with van der Waals surface area (Å²) in [5.74, 6) is 0.424. The van der Waals surface area contributed by atoms with Crippen LogP contribution in [0.4, 0.5) is 5.69 Å². The minimum absolute atomic E-state index is 0.197. The predicted octanol–water partition coefficient (Wildman–Crippen LogP) is 2.56. The van der Waals surface area contributed by atoms with E-state index in [-0.39, 0.29) is 11.6 Å². The highest BCUT2D eigenvalue weighted by molar-refractivity contribution is 6.18. The van der Waals surface area contributed by atoms with E-state index < -0.39 is 6.10 Å². The van der Waals surface area contributed by atoms with Gasteiger partial charge in [-0.15, -0.1) is 11.6 Å². The minimum Gasteiger partial charge on any atom is -0.508 e. The molecule has 0 fully saturated rings. The fraction of sp³-hybridized carbons (Fsp3) is 0.231. The van der Waals surface area contributed by atoms with Crippen LogP contribution in [-0.4, -0.2) is 28.7 Å². The Kier molecular flexibility index (Phi) is 3.71. The average molecular weight is 252 g/mol. The number of nitrogens with one attached hydrogen (secondary N) is 1. The molecule has 3 nitrogen and oxygen atoms in total. The predicted molar refractivity (Wildman–Crippen MR) is 70.8 cm³/mol. The highest BCUT2D eigenvalue weighted by Gasteiger charge is 2.04. The normalized spacial score (nSPS) is 12.6. The zero-order chi connectivity index (χ0) is 12.3. The first-order valence-electron chi connectivity index (χ1n) is 5.40. The zero-order valence-corrected chi connectivity index (χ0v) is 9.98. The molecule has 2 aromatic carbocycles. The Morgan fingerprint density at radius 3 is 2.82 bits per heavy atom. The van der Waals surface area contributed by atoms with Crippen LogP contribution in [0.2, 0.25) is 0 Å². The van der Waals surface area contributed by atoms with Gasteiger partial charge in [0.05, 0.1) is 12.0 Å². The number of fused-ring (bicyclic) bond motifs is 1. The number of rotatable bonds is 4. The summed E-state index contributed by atoms with van der Waals surface area (Å²) in [4.78, 5) is 0. The first-order valence-corrected chi connectivity index (χ1v) is 5.94. The fourth-order valence-electron chi connectivity index (χ4n) is 1.70. The lowest BCUT2D eigenvalue weighted by Crippen LogP contribution is -2.20. The lowest BCUT2D eigenvalue weighted by atomic mass is 10.1. The van der Waals surface area contributed by atoms with Gasteiger partial charge in [0.1, 0.15) is 5.75 Å². The number of phenolic OH excluding ortho intramolecular Hbond substituents is 1. The number of phenols is 1. The number of alkyl halides is 1. The van der Waals surface area contributed by atoms with Gasteiger partial charge in [-0.3, -0.25) is 0 Å². The molecule has 4 heteroatoms. The molecular weight excluding hydrogens is 238 g/mol. The van der Waals surface area contributed by atoms with Crippen molar-refractivity contribution in [3.05, 3.63) is 36.4 Å². The molecule has 1 atom stereocenters. The lowest BCUT2D eigenvalue weighted by Gasteiger charge is -2.12. The second-order valence-electron chi connectivity index (χ2n) is 3.90. The van der Waals surface area contributed by atoms with Gasteiger partial charge in [0, 0.05) is 17.6 Å². The number of anilines is 1. The SMILES string of the molecule is Oc1ccc2cccc(NCC(O)CCl)c2c1. The van der Waals surface area contributed by atoms with E-state index in [1.807, 2.05) is 24.3 Å². The topological polar surface area (TPSA) is 52.5 Å². The lowest BCUT2D eigenvalue weighted by molar-refractivity contribution is 0.211. The number of benzene rings is 2. The highest BCUT2D eigenvalue weighted by atomic mass is 35.5. The van der Waals surface area contributed by atoms with Gasteiger partial charge >= 0.3 is 0 Å². The van der Waals surface area contributed by atoms with Crippen LogP contribution in [0, 0.1) is 0 Å². The molecule has 0 bridgehead atoms. The van der Waals surface area contributed by atoms with Gasteiger partial charge in [0.2, 0.25) is 0 Å². The third kappa shape index (κ3) is 2.81. The molecule has 17 heavy (non-hydrogen) atoms. The molecule has 0 radical (unpaired) electrons. The van der Waals surface area contributed by atoms with Crippen molar-refractivity contribution in [2.24, 2.45) is 0 Å². The van der Waals surface area contributed by atoms with E-state index in [4.69, 9.17) is 11.6 Å². The van der Waals surface area contributed by atoms with Crippen molar-refractivity contribution in [3.63, 3.8) is 0 Å². The molecule has 2 rings (SSSR count). The number of aliphatic hydroxyl groups is 1. The van der Waals surface area contributed by atoms with Gasteiger partial charge in [0.25, 0.3) is 0 Å². The summed E-state index contributed by atoms with van der Waals surface area (Å²) in [6.07, 6.45) is -0.579. The number of halogens is 1. The summed E-state index contributed by atoms with van der Waals surface area (Å²) in [7, 11) is 0. The van der Waals surface area contributed by atoms with Crippen LogP contribution >= 0.6 is 11.6 Å². The Labute approximate surface area is 105 Å². The molecule has 0 aliphatic rings. The summed E-state index contributed by atoms with van der Waals surface area (Å²) in [6.45, 7) is 0.387. The molecule has 0 aliphatic carbocycles. The van der Waals surface area contributed by atoms with Crippen LogP contribution in [0.15, 0.2) is 36.4 Å². The van der Waals surface area contributed by atoms with Gasteiger partial charge in [0.15, 0.2) is 0 Å². The monoisotopic (exact) mass is 251 g/mol. The van der Waals surface area contributed by atoms with Crippen LogP contribution < -0.4 is 5.32 Å². The smallest absolute Gasteiger partial charge is 0.116 e. The molecule has 1 unspecified atom stereocenters. The number of aromatic hydroxyl groups is 1. The number of hydrogen-bond donors (Lipinski definition) is 3. The Morgan fingerprint density at radius 1 is 1.24 bits per heavy atom. The molecule has 0 saturated carbocycles. The van der Waals surface area contributed by atoms with Crippen molar-refractivity contribution in [2.45, 2.75) is 6.10 Å². The summed E-state index contributed by atoms with van der Waals surface area (Å²) < 4.78 is 0. The van der Waals surface area contributed by atoms with Crippen molar-refractivity contribution >= 4 is 28.1 Å². The Hall–Kier alpha value is -1.45. The first-order chi connectivity index (χ1) is 8.20. The third-order valence-corrected chi connectivity index (χ3v) is 2.93. The molecule has 90 valence electrons. The van der Waals surface area contributed by atoms with E-state index in [2.05, 4.69) is 5.32 Å². The molecule has 0 aliphatic heterocycles. The molecular formula is C13H14ClNO2. The number of aliphatic hydroxyl groups excluding tert-OH is 1. The van der Waals surface area contributed by atoms with Crippen LogP contribution in [0.25, 0.3) is 10.8 Å². The van der Waals surface area contributed by atoms with Crippen molar-refractivity contribution in [2.75, 3.05) is 17.7 Å². The van der Waals surface area contributed by atoms with Gasteiger partial charge in [-0.2, -0.15) is 0 Å². The van der Waals surface area contributed by atoms with Crippen molar-refractivity contribution in [1.29, 1.82) is 0 Å². The molecule has 0 heterocycles. The van der Waals surface area contributed by atoms with E-state index in [9.17, 15) is 10.2 Å². The maximum atomic E-state index is 9.48. The third-order valence-electron chi connectivity index (χ3n) is 2.57. The summed E-state index contributed by atoms with van der Waals surface area (Å²) >= 11 is 5.53. The van der Waals surface area contributed by atoms with E-state index in [1.54, 1.807) is 12.1 Å². The van der Waals surface area contributed by atoms with E-state index >= 15 is 0 Å². The molecule has 0 spiro atoms. The molecule has 0 aromatic heterocycles. The quantitative estimate of drug-likeness (QED) is 0.732. The van der Waals surface area contributed by atoms with Gasteiger partial charge < -0.3 is 15.5 Å². The standard InChI is InChI=1S/C13H14ClNO2/c14-7-11(17)8-15-13-3-1-2-9-4-5-10(16)6-12(9)13/h1-6,11,15-17H,7-8H2. The van der Waals surface area contributed by atoms with Crippen molar-refractivity contribution in [1.82, 2.24) is 0 Å². The number of hydrogen-bond acceptors (Lipinski definition) is 3. The Balaban J connectivity index is 2.30. The zero-order valence-electron chi connectivity index (χ0n) is 9.23. The minimum atomic E-state index is -0.579. The first kappa shape index (κ1) is 12.0. The summed E-state index contributed by atoms with van der Waals surface area (Å²) in [5, 5.41) is 24.0. The van der Waals surface area contributed by atoms with Crippen LogP contribution in [0.5, 0.6) is 5.75 Å². The fourth-order valence-corrected chi connectivity index (χ4v) is 1.81. The summed E-state index contributed by atoms with van der Waals surface area (Å²) in [6, 6.07) is 11.0. The maximum Gasteiger partial charge on any atom is 0.116 e. The van der Waals surface area contributed by atoms with Gasteiger partial charge in [-0.1, -0.05) is 18.2 Å². The van der Waals surface area contributed by atoms with E-state index in [0.717, 1.165) is 16.5 Å². The second-order valence-corrected chi connectivity index (χ2v) is 4.21. The van der Waals surface area contributed by atoms with E-state index in [0.29, 0.717) is 6.54 Å². The highest BCUT2D eigenvalue weighted by Crippen LogP contribution is 2.26. The summed E-state index contributed by atoms with van der Waals surface area (Å²) in [5.41, 5.74) is 0.877. The maximum absolute atomic E-state index is 9.48. The Morgan fingerprint density at radius 2 is 2.06 bits per heavy atom. The second kappa shape index (κ2) is 5.25. The van der Waals surface area contributed by atoms with Gasteiger partial charge in [-0.05, 0) is 23.6 Å². The van der Waals surface area contributed by atoms with Crippen LogP contribution in [0.1, 0.15) is 0 Å². The van der Waals surface area contributed by atoms with Crippen LogP contribution in [0.3, 0.4) is 0 Å². The van der Waals surface area contributed by atoms with Crippen molar-refractivity contribution < 1.29 is 10.2 Å². The molecule has 0 saturated heterocycles. The van der Waals surface area contributed by atoms with Crippen molar-refractivity contribution in [3.8, 4) is 5.75 Å². The largest absolute Gasteiger partial charge is 0.508 e. The molecule has 2 aromatic rings. The molecule has 0 amide bonds.